The van der Waals surface area contributed by atoms with Crippen LogP contribution in [0.2, 0.25) is 0 Å². The van der Waals surface area contributed by atoms with Crippen molar-refractivity contribution in [2.75, 3.05) is 5.32 Å². The molecule has 0 fully saturated rings. The molecule has 1 aliphatic heterocycles. The van der Waals surface area contributed by atoms with Crippen molar-refractivity contribution >= 4 is 5.69 Å². The predicted molar refractivity (Wildman–Crippen MR) is 67.6 cm³/mol. The number of hydrogen-bond acceptors (Lipinski definition) is 1. The zero-order chi connectivity index (χ0) is 11.8. The Morgan fingerprint density at radius 3 is 2.76 bits per heavy atom. The van der Waals surface area contributed by atoms with Gasteiger partial charge in [0.05, 0.1) is 6.04 Å². The molecule has 2 aromatic rings. The van der Waals surface area contributed by atoms with E-state index in [0.29, 0.717) is 5.56 Å². The average Bonchev–Trinajstić information content (AvgIpc) is 2.76. The molecule has 2 aromatic carbocycles. The van der Waals surface area contributed by atoms with Gasteiger partial charge in [-0.05, 0) is 42.2 Å². The Morgan fingerprint density at radius 1 is 1.18 bits per heavy atom. The maximum Gasteiger partial charge on any atom is 0.126 e. The lowest BCUT2D eigenvalue weighted by atomic mass is 10.0. The molecule has 0 aliphatic carbocycles. The lowest BCUT2D eigenvalue weighted by Crippen LogP contribution is -2.06. The number of para-hydroxylation sites is 1. The summed E-state index contributed by atoms with van der Waals surface area (Å²) in [5.41, 5.74) is 4.19. The van der Waals surface area contributed by atoms with Gasteiger partial charge in [-0.15, -0.1) is 0 Å². The van der Waals surface area contributed by atoms with E-state index in [-0.39, 0.29) is 11.9 Å². The molecule has 3 rings (SSSR count). The second-order valence-electron chi connectivity index (χ2n) is 4.57. The van der Waals surface area contributed by atoms with E-state index in [0.717, 1.165) is 12.0 Å². The highest BCUT2D eigenvalue weighted by atomic mass is 19.1. The summed E-state index contributed by atoms with van der Waals surface area (Å²) >= 11 is 0. The van der Waals surface area contributed by atoms with Gasteiger partial charge >= 0.3 is 0 Å². The van der Waals surface area contributed by atoms with Crippen molar-refractivity contribution in [3.05, 3.63) is 65.0 Å². The summed E-state index contributed by atoms with van der Waals surface area (Å²) in [6, 6.07) is 13.9. The average molecular weight is 227 g/mol. The third-order valence-corrected chi connectivity index (χ3v) is 3.37. The summed E-state index contributed by atoms with van der Waals surface area (Å²) < 4.78 is 13.5. The molecular formula is C15H14FN. The zero-order valence-electron chi connectivity index (χ0n) is 9.70. The van der Waals surface area contributed by atoms with E-state index in [1.807, 2.05) is 24.3 Å². The first-order valence-electron chi connectivity index (χ1n) is 5.84. The minimum atomic E-state index is -0.125. The Kier molecular flexibility index (Phi) is 2.36. The van der Waals surface area contributed by atoms with E-state index in [9.17, 15) is 4.39 Å². The van der Waals surface area contributed by atoms with Crippen LogP contribution in [0, 0.1) is 12.7 Å². The molecule has 0 saturated heterocycles. The van der Waals surface area contributed by atoms with Crippen molar-refractivity contribution in [3.8, 4) is 0 Å². The highest BCUT2D eigenvalue weighted by Gasteiger charge is 2.21. The number of benzene rings is 2. The van der Waals surface area contributed by atoms with Crippen molar-refractivity contribution in [1.82, 2.24) is 0 Å². The van der Waals surface area contributed by atoms with Crippen LogP contribution >= 0.6 is 0 Å². The molecule has 86 valence electrons. The van der Waals surface area contributed by atoms with Gasteiger partial charge in [0.2, 0.25) is 0 Å². The molecule has 0 aromatic heterocycles. The first-order valence-corrected chi connectivity index (χ1v) is 5.84. The van der Waals surface area contributed by atoms with Gasteiger partial charge < -0.3 is 5.32 Å². The van der Waals surface area contributed by atoms with Crippen LogP contribution in [0.3, 0.4) is 0 Å². The zero-order valence-corrected chi connectivity index (χ0v) is 9.70. The van der Waals surface area contributed by atoms with Gasteiger partial charge in [0.1, 0.15) is 5.82 Å². The lowest BCUT2D eigenvalue weighted by molar-refractivity contribution is 0.613. The molecule has 0 amide bonds. The third kappa shape index (κ3) is 1.80. The van der Waals surface area contributed by atoms with E-state index in [4.69, 9.17) is 0 Å². The third-order valence-electron chi connectivity index (χ3n) is 3.37. The molecule has 17 heavy (non-hydrogen) atoms. The van der Waals surface area contributed by atoms with Crippen LogP contribution in [0.25, 0.3) is 0 Å². The molecule has 0 bridgehead atoms. The van der Waals surface area contributed by atoms with Crippen LogP contribution < -0.4 is 5.32 Å². The van der Waals surface area contributed by atoms with Crippen LogP contribution in [0.1, 0.15) is 22.7 Å². The minimum Gasteiger partial charge on any atom is -0.378 e. The lowest BCUT2D eigenvalue weighted by Gasteiger charge is -2.12. The van der Waals surface area contributed by atoms with Crippen LogP contribution in [-0.2, 0) is 6.42 Å². The molecule has 0 spiro atoms. The SMILES string of the molecule is Cc1ccc(C2Cc3ccccc3N2)cc1F. The number of halogens is 1. The van der Waals surface area contributed by atoms with Gasteiger partial charge in [0.15, 0.2) is 0 Å². The van der Waals surface area contributed by atoms with Gasteiger partial charge in [-0.3, -0.25) is 0 Å². The van der Waals surface area contributed by atoms with Crippen molar-refractivity contribution < 1.29 is 4.39 Å². The van der Waals surface area contributed by atoms with Gasteiger partial charge in [-0.2, -0.15) is 0 Å². The van der Waals surface area contributed by atoms with E-state index in [1.54, 1.807) is 13.0 Å². The molecular weight excluding hydrogens is 213 g/mol. The summed E-state index contributed by atoms with van der Waals surface area (Å²) in [4.78, 5) is 0. The molecule has 1 atom stereocenters. The Morgan fingerprint density at radius 2 is 2.00 bits per heavy atom. The summed E-state index contributed by atoms with van der Waals surface area (Å²) in [6.45, 7) is 1.79. The first kappa shape index (κ1) is 10.3. The minimum absolute atomic E-state index is 0.125. The summed E-state index contributed by atoms with van der Waals surface area (Å²) in [5, 5.41) is 3.43. The van der Waals surface area contributed by atoms with Crippen molar-refractivity contribution in [2.45, 2.75) is 19.4 Å². The summed E-state index contributed by atoms with van der Waals surface area (Å²) in [6.07, 6.45) is 0.929. The fraction of sp³-hybridized carbons (Fsp3) is 0.200. The standard InChI is InChI=1S/C15H14FN/c1-10-6-7-12(8-13(10)16)15-9-11-4-2-3-5-14(11)17-15/h2-8,15,17H,9H2,1H3. The molecule has 1 N–H and O–H groups in total. The molecule has 0 saturated carbocycles. The summed E-state index contributed by atoms with van der Waals surface area (Å²) in [7, 11) is 0. The van der Waals surface area contributed by atoms with Gasteiger partial charge in [-0.1, -0.05) is 30.3 Å². The highest BCUT2D eigenvalue weighted by Crippen LogP contribution is 2.34. The molecule has 0 radical (unpaired) electrons. The van der Waals surface area contributed by atoms with E-state index in [1.165, 1.54) is 11.3 Å². The first-order chi connectivity index (χ1) is 8.24. The molecule has 1 aliphatic rings. The van der Waals surface area contributed by atoms with E-state index < -0.39 is 0 Å². The maximum atomic E-state index is 13.5. The highest BCUT2D eigenvalue weighted by molar-refractivity contribution is 5.58. The Balaban J connectivity index is 1.91. The monoisotopic (exact) mass is 227 g/mol. The number of hydrogen-bond donors (Lipinski definition) is 1. The fourth-order valence-electron chi connectivity index (χ4n) is 2.32. The number of nitrogens with one attached hydrogen (secondary N) is 1. The largest absolute Gasteiger partial charge is 0.378 e. The quantitative estimate of drug-likeness (QED) is 0.780. The van der Waals surface area contributed by atoms with E-state index in [2.05, 4.69) is 17.4 Å². The number of fused-ring (bicyclic) bond motifs is 1. The van der Waals surface area contributed by atoms with Gasteiger partial charge in [-0.25, -0.2) is 4.39 Å². The molecule has 2 heteroatoms. The fourth-order valence-corrected chi connectivity index (χ4v) is 2.32. The van der Waals surface area contributed by atoms with Gasteiger partial charge in [0, 0.05) is 5.69 Å². The normalized spacial score (nSPS) is 17.6. The van der Waals surface area contributed by atoms with Crippen molar-refractivity contribution in [3.63, 3.8) is 0 Å². The van der Waals surface area contributed by atoms with Gasteiger partial charge in [0.25, 0.3) is 0 Å². The van der Waals surface area contributed by atoms with Crippen molar-refractivity contribution in [1.29, 1.82) is 0 Å². The second kappa shape index (κ2) is 3.88. The predicted octanol–water partition coefficient (Wildman–Crippen LogP) is 3.84. The van der Waals surface area contributed by atoms with Crippen LogP contribution in [0.15, 0.2) is 42.5 Å². The van der Waals surface area contributed by atoms with Crippen LogP contribution in [0.4, 0.5) is 10.1 Å². The number of aryl methyl sites for hydroxylation is 1. The van der Waals surface area contributed by atoms with E-state index >= 15 is 0 Å². The topological polar surface area (TPSA) is 12.0 Å². The Bertz CT molecular complexity index is 538. The Labute approximate surface area is 100 Å². The Hall–Kier alpha value is -1.83. The smallest absolute Gasteiger partial charge is 0.126 e. The number of anilines is 1. The summed E-state index contributed by atoms with van der Waals surface area (Å²) in [5.74, 6) is -0.125. The number of rotatable bonds is 1. The second-order valence-corrected chi connectivity index (χ2v) is 4.57. The molecule has 1 unspecified atom stereocenters. The maximum absolute atomic E-state index is 13.5. The molecule has 1 nitrogen and oxygen atoms in total. The molecule has 1 heterocycles. The van der Waals surface area contributed by atoms with Crippen LogP contribution in [0.5, 0.6) is 0 Å². The van der Waals surface area contributed by atoms with Crippen LogP contribution in [-0.4, -0.2) is 0 Å². The van der Waals surface area contributed by atoms with Crippen molar-refractivity contribution in [2.24, 2.45) is 0 Å².